The van der Waals surface area contributed by atoms with Crippen LogP contribution in [-0.4, -0.2) is 37.2 Å². The Hall–Kier alpha value is -2.37. The van der Waals surface area contributed by atoms with E-state index in [1.807, 2.05) is 0 Å². The van der Waals surface area contributed by atoms with Crippen molar-refractivity contribution in [2.45, 2.75) is 361 Å². The molecular weight excluding hydrogens is 901 g/mol. The Kier molecular flexibility index (Phi) is 60.2. The maximum Gasteiger partial charge on any atom is 0.306 e. The molecule has 0 aromatic heterocycles. The lowest BCUT2D eigenvalue weighted by Crippen LogP contribution is -2.30. The number of rotatable bonds is 60. The number of hydrogen-bond donors (Lipinski definition) is 0. The van der Waals surface area contributed by atoms with E-state index in [-0.39, 0.29) is 31.1 Å². The van der Waals surface area contributed by atoms with Crippen LogP contribution in [0.3, 0.4) is 0 Å². The van der Waals surface area contributed by atoms with Gasteiger partial charge in [0.15, 0.2) is 6.10 Å². The van der Waals surface area contributed by atoms with Crippen LogP contribution in [-0.2, 0) is 28.6 Å². The van der Waals surface area contributed by atoms with Crippen LogP contribution in [0.25, 0.3) is 0 Å². The van der Waals surface area contributed by atoms with E-state index < -0.39 is 6.10 Å². The summed E-state index contributed by atoms with van der Waals surface area (Å²) in [6.07, 6.45) is 75.9. The van der Waals surface area contributed by atoms with Crippen LogP contribution in [0.4, 0.5) is 0 Å². The zero-order chi connectivity index (χ0) is 52.9. The molecule has 1 unspecified atom stereocenters. The van der Waals surface area contributed by atoms with Gasteiger partial charge in [0.1, 0.15) is 13.2 Å². The van der Waals surface area contributed by atoms with Gasteiger partial charge in [0.2, 0.25) is 0 Å². The van der Waals surface area contributed by atoms with Gasteiger partial charge in [-0.25, -0.2) is 0 Å². The van der Waals surface area contributed by atoms with Gasteiger partial charge in [-0.05, 0) is 51.4 Å². The summed E-state index contributed by atoms with van der Waals surface area (Å²) in [5.41, 5.74) is 0. The Bertz CT molecular complexity index is 1220. The van der Waals surface area contributed by atoms with Gasteiger partial charge in [-0.2, -0.15) is 0 Å². The molecule has 0 rings (SSSR count). The van der Waals surface area contributed by atoms with Gasteiger partial charge in [-0.3, -0.25) is 14.4 Å². The molecule has 1 atom stereocenters. The lowest BCUT2D eigenvalue weighted by Gasteiger charge is -2.18. The SMILES string of the molecule is CC/C=C\C/C=C\C/C=C\CCCCCCCC(=O)OCC(COC(=O)CCCCCCCCCCCCCCCCCCCCCCCCCC)OC(=O)CCCCCCCCCCCCCCCCCC. The highest BCUT2D eigenvalue weighted by Crippen LogP contribution is 2.18. The molecule has 0 saturated heterocycles. The van der Waals surface area contributed by atoms with Crippen molar-refractivity contribution in [2.24, 2.45) is 0 Å². The summed E-state index contributed by atoms with van der Waals surface area (Å²) in [4.78, 5) is 38.3. The number of carbonyl (C=O) groups is 3. The standard InChI is InChI=1S/C67H124O6/c1-4-7-10-13-16-19-22-25-28-30-31-32-33-34-35-36-37-40-42-45-48-51-54-57-60-66(69)72-63-64(62-71-65(68)59-56-53-50-47-44-41-38-27-24-21-18-15-12-9-6-3)73-67(70)61-58-55-52-49-46-43-39-29-26-23-20-17-14-11-8-5-2/h9,12,18,21,27,38,64H,4-8,10-11,13-17,19-20,22-26,28-37,39-63H2,1-3H3/b12-9-,21-18-,38-27-. The van der Waals surface area contributed by atoms with Crippen molar-refractivity contribution in [3.05, 3.63) is 36.5 Å². The smallest absolute Gasteiger partial charge is 0.306 e. The van der Waals surface area contributed by atoms with Crippen molar-refractivity contribution >= 4 is 17.9 Å². The zero-order valence-corrected chi connectivity index (χ0v) is 49.2. The van der Waals surface area contributed by atoms with Crippen LogP contribution in [0.5, 0.6) is 0 Å². The summed E-state index contributed by atoms with van der Waals surface area (Å²) in [7, 11) is 0. The Labute approximate surface area is 455 Å². The predicted molar refractivity (Wildman–Crippen MR) is 316 cm³/mol. The molecule has 0 aromatic rings. The molecule has 0 heterocycles. The van der Waals surface area contributed by atoms with Gasteiger partial charge < -0.3 is 14.2 Å². The van der Waals surface area contributed by atoms with E-state index in [2.05, 4.69) is 57.2 Å². The van der Waals surface area contributed by atoms with E-state index >= 15 is 0 Å². The minimum Gasteiger partial charge on any atom is -0.462 e. The molecule has 0 aliphatic rings. The summed E-state index contributed by atoms with van der Waals surface area (Å²) in [5.74, 6) is -0.864. The first-order chi connectivity index (χ1) is 36.0. The number of ether oxygens (including phenoxy) is 3. The average Bonchev–Trinajstić information content (AvgIpc) is 3.39. The fraction of sp³-hybridized carbons (Fsp3) is 0.866. The highest BCUT2D eigenvalue weighted by Gasteiger charge is 2.19. The van der Waals surface area contributed by atoms with Crippen LogP contribution in [0.1, 0.15) is 355 Å². The van der Waals surface area contributed by atoms with E-state index in [1.54, 1.807) is 0 Å². The molecule has 0 aliphatic heterocycles. The second-order valence-electron chi connectivity index (χ2n) is 22.0. The largest absolute Gasteiger partial charge is 0.462 e. The first-order valence-electron chi connectivity index (χ1n) is 32.5. The summed E-state index contributed by atoms with van der Waals surface area (Å²) in [5, 5.41) is 0. The van der Waals surface area contributed by atoms with Crippen LogP contribution in [0, 0.1) is 0 Å². The molecule has 0 spiro atoms. The summed E-state index contributed by atoms with van der Waals surface area (Å²) in [6.45, 7) is 6.58. The van der Waals surface area contributed by atoms with Gasteiger partial charge >= 0.3 is 17.9 Å². The van der Waals surface area contributed by atoms with E-state index in [0.717, 1.165) is 96.3 Å². The van der Waals surface area contributed by atoms with Gasteiger partial charge in [0, 0.05) is 19.3 Å². The molecule has 0 aliphatic carbocycles. The van der Waals surface area contributed by atoms with Crippen LogP contribution in [0.2, 0.25) is 0 Å². The van der Waals surface area contributed by atoms with Crippen LogP contribution < -0.4 is 0 Å². The van der Waals surface area contributed by atoms with Crippen LogP contribution >= 0.6 is 0 Å². The second-order valence-corrected chi connectivity index (χ2v) is 22.0. The number of esters is 3. The molecule has 6 nitrogen and oxygen atoms in total. The number of carbonyl (C=O) groups excluding carboxylic acids is 3. The lowest BCUT2D eigenvalue weighted by atomic mass is 10.0. The molecule has 73 heavy (non-hydrogen) atoms. The normalized spacial score (nSPS) is 12.2. The minimum absolute atomic E-state index is 0.0722. The fourth-order valence-electron chi connectivity index (χ4n) is 9.81. The molecule has 0 aromatic carbocycles. The molecule has 0 saturated carbocycles. The molecule has 0 fully saturated rings. The molecule has 6 heteroatoms. The van der Waals surface area contributed by atoms with E-state index in [4.69, 9.17) is 14.2 Å². The van der Waals surface area contributed by atoms with Gasteiger partial charge in [-0.15, -0.1) is 0 Å². The Balaban J connectivity index is 4.26. The van der Waals surface area contributed by atoms with Gasteiger partial charge in [-0.1, -0.05) is 320 Å². The number of unbranched alkanes of at least 4 members (excludes halogenated alkanes) is 43. The number of allylic oxidation sites excluding steroid dienone is 6. The maximum atomic E-state index is 12.9. The van der Waals surface area contributed by atoms with Gasteiger partial charge in [0.25, 0.3) is 0 Å². The first-order valence-corrected chi connectivity index (χ1v) is 32.5. The predicted octanol–water partition coefficient (Wildman–Crippen LogP) is 22.0. The van der Waals surface area contributed by atoms with Crippen LogP contribution in [0.15, 0.2) is 36.5 Å². The third-order valence-corrected chi connectivity index (χ3v) is 14.7. The quantitative estimate of drug-likeness (QED) is 0.0261. The highest BCUT2D eigenvalue weighted by molar-refractivity contribution is 5.71. The van der Waals surface area contributed by atoms with Crippen molar-refractivity contribution in [3.63, 3.8) is 0 Å². The second kappa shape index (κ2) is 62.2. The molecule has 0 bridgehead atoms. The topological polar surface area (TPSA) is 78.9 Å². The van der Waals surface area contributed by atoms with Crippen molar-refractivity contribution < 1.29 is 28.6 Å². The monoisotopic (exact) mass is 1020 g/mol. The fourth-order valence-corrected chi connectivity index (χ4v) is 9.81. The maximum absolute atomic E-state index is 12.9. The Morgan fingerprint density at radius 3 is 0.836 bits per heavy atom. The van der Waals surface area contributed by atoms with Gasteiger partial charge in [0.05, 0.1) is 0 Å². The minimum atomic E-state index is -0.776. The van der Waals surface area contributed by atoms with E-state index in [0.29, 0.717) is 19.3 Å². The zero-order valence-electron chi connectivity index (χ0n) is 49.2. The summed E-state index contributed by atoms with van der Waals surface area (Å²) in [6, 6.07) is 0. The van der Waals surface area contributed by atoms with Crippen molar-refractivity contribution in [1.82, 2.24) is 0 Å². The Morgan fingerprint density at radius 1 is 0.288 bits per heavy atom. The molecular formula is C67H124O6. The lowest BCUT2D eigenvalue weighted by molar-refractivity contribution is -0.167. The number of hydrogen-bond acceptors (Lipinski definition) is 6. The van der Waals surface area contributed by atoms with Crippen molar-refractivity contribution in [3.8, 4) is 0 Å². The molecule has 428 valence electrons. The van der Waals surface area contributed by atoms with Crippen molar-refractivity contribution in [2.75, 3.05) is 13.2 Å². The van der Waals surface area contributed by atoms with E-state index in [1.165, 1.54) is 218 Å². The summed E-state index contributed by atoms with van der Waals surface area (Å²) >= 11 is 0. The molecule has 0 amide bonds. The van der Waals surface area contributed by atoms with E-state index in [9.17, 15) is 14.4 Å². The third-order valence-electron chi connectivity index (χ3n) is 14.7. The average molecular weight is 1030 g/mol. The molecule has 0 radical (unpaired) electrons. The Morgan fingerprint density at radius 2 is 0.534 bits per heavy atom. The summed E-state index contributed by atoms with van der Waals surface area (Å²) < 4.78 is 16.9. The molecule has 0 N–H and O–H groups in total. The third kappa shape index (κ3) is 60.4. The first kappa shape index (κ1) is 70.6. The highest BCUT2D eigenvalue weighted by atomic mass is 16.6. The van der Waals surface area contributed by atoms with Crippen molar-refractivity contribution in [1.29, 1.82) is 0 Å².